The number of fused-ring (bicyclic) bond motifs is 12. The van der Waals surface area contributed by atoms with E-state index in [1.807, 2.05) is 41.4 Å². The monoisotopic (exact) mass is 866 g/mol. The third kappa shape index (κ3) is 3.89. The van der Waals surface area contributed by atoms with Gasteiger partial charge in [0.1, 0.15) is 0 Å². The summed E-state index contributed by atoms with van der Waals surface area (Å²) < 4.78 is 36.0. The number of hydrogen-bond donors (Lipinski definition) is 0. The van der Waals surface area contributed by atoms with E-state index in [4.69, 9.17) is 13.8 Å². The van der Waals surface area contributed by atoms with Crippen LogP contribution in [0.4, 0.5) is 17.1 Å². The maximum absolute atomic E-state index is 8.26. The van der Waals surface area contributed by atoms with Crippen LogP contribution in [0, 0.1) is 18.8 Å². The van der Waals surface area contributed by atoms with Crippen molar-refractivity contribution in [2.75, 3.05) is 16.8 Å². The van der Waals surface area contributed by atoms with E-state index < -0.39 is 12.4 Å². The summed E-state index contributed by atoms with van der Waals surface area (Å²) in [6, 6.07) is 46.9. The second kappa shape index (κ2) is 10.6. The van der Waals surface area contributed by atoms with Gasteiger partial charge in [0.15, 0.2) is 5.65 Å². The number of anilines is 3. The molecular weight excluding hydrogens is 834 g/mol. The van der Waals surface area contributed by atoms with Crippen LogP contribution in [0.3, 0.4) is 0 Å². The Bertz CT molecular complexity index is 3330. The Labute approximate surface area is 323 Å². The molecule has 0 saturated heterocycles. The van der Waals surface area contributed by atoms with Crippen LogP contribution in [0.5, 0.6) is 11.5 Å². The molecule has 0 bridgehead atoms. The summed E-state index contributed by atoms with van der Waals surface area (Å²) in [5.74, 6) is 1.04. The molecule has 2 aliphatic heterocycles. The number of ether oxygens (including phenoxy) is 1. The standard InChI is InChI=1S/C46H30N5O.Pt/c1-46(2)35-22-20-28(25-41(35)49-26-48(3)38-17-8-15-36(46)44(38)49)52-27-19-21-30-32-12-7-14-34-33-13-6-11-31-29-10-4-5-16-37(29)50(42(31)33)39-18-9-23-47-45(39)51(43(32)34)40(30)24-27;/h4-23,26H,1-3H3;/q-3;/i3D3;. The van der Waals surface area contributed by atoms with Crippen molar-refractivity contribution in [2.45, 2.75) is 19.3 Å². The first-order valence-electron chi connectivity index (χ1n) is 19.0. The number of para-hydroxylation sites is 4. The Morgan fingerprint density at radius 1 is 0.660 bits per heavy atom. The van der Waals surface area contributed by atoms with Gasteiger partial charge in [-0.25, -0.2) is 4.98 Å². The second-order valence-electron chi connectivity index (χ2n) is 14.4. The van der Waals surface area contributed by atoms with E-state index in [1.54, 1.807) is 6.67 Å². The maximum atomic E-state index is 8.26. The summed E-state index contributed by atoms with van der Waals surface area (Å²) in [6.07, 6.45) is 1.85. The van der Waals surface area contributed by atoms with Gasteiger partial charge in [-0.2, -0.15) is 18.8 Å². The topological polar surface area (TPSA) is 37.4 Å². The summed E-state index contributed by atoms with van der Waals surface area (Å²) in [5.41, 5.74) is 9.96. The zero-order valence-corrected chi connectivity index (χ0v) is 30.9. The van der Waals surface area contributed by atoms with Crippen LogP contribution in [0.15, 0.2) is 121 Å². The number of aromatic nitrogens is 3. The fourth-order valence-electron chi connectivity index (χ4n) is 9.05. The Kier molecular flexibility index (Phi) is 5.56. The van der Waals surface area contributed by atoms with Crippen molar-refractivity contribution in [2.24, 2.45) is 0 Å². The summed E-state index contributed by atoms with van der Waals surface area (Å²) in [5, 5.41) is 6.82. The van der Waals surface area contributed by atoms with Gasteiger partial charge < -0.3 is 23.3 Å². The van der Waals surface area contributed by atoms with Crippen molar-refractivity contribution in [3.63, 3.8) is 0 Å². The number of hydrogen-bond acceptors (Lipinski definition) is 4. The number of rotatable bonds is 2. The van der Waals surface area contributed by atoms with Crippen LogP contribution in [0.2, 0.25) is 0 Å². The Morgan fingerprint density at radius 2 is 1.34 bits per heavy atom. The largest absolute Gasteiger partial charge is 0.509 e. The minimum absolute atomic E-state index is 0. The predicted octanol–water partition coefficient (Wildman–Crippen LogP) is 11.1. The molecular formula is C46H30N5OPt-3. The molecule has 7 heteroatoms. The molecule has 6 aromatic carbocycles. The second-order valence-corrected chi connectivity index (χ2v) is 14.4. The molecule has 0 unspecified atom stereocenters. The zero-order valence-electron chi connectivity index (χ0n) is 31.6. The third-order valence-corrected chi connectivity index (χ3v) is 11.3. The van der Waals surface area contributed by atoms with Gasteiger partial charge >= 0.3 is 0 Å². The van der Waals surface area contributed by atoms with Gasteiger partial charge in [0.25, 0.3) is 0 Å². The molecule has 0 N–H and O–H groups in total. The van der Waals surface area contributed by atoms with Gasteiger partial charge in [-0.1, -0.05) is 91.8 Å². The fourth-order valence-corrected chi connectivity index (χ4v) is 9.05. The number of benzene rings is 6. The number of nitrogens with zero attached hydrogens (tertiary/aromatic N) is 5. The number of pyridine rings is 1. The van der Waals surface area contributed by atoms with Gasteiger partial charge in [-0.3, -0.25) is 0 Å². The fraction of sp³-hybridized carbons (Fsp3) is 0.0870. The summed E-state index contributed by atoms with van der Waals surface area (Å²) >= 11 is 0. The quantitative estimate of drug-likeness (QED) is 0.162. The maximum Gasteiger partial charge on any atom is 0.160 e. The molecule has 10 aromatic rings. The van der Waals surface area contributed by atoms with Crippen molar-refractivity contribution in [3.8, 4) is 11.5 Å². The average molecular weight is 867 g/mol. The van der Waals surface area contributed by atoms with Crippen molar-refractivity contribution in [1.82, 2.24) is 13.8 Å². The van der Waals surface area contributed by atoms with Crippen molar-refractivity contribution in [1.29, 1.82) is 0 Å². The SMILES string of the molecule is [2H]C([2H])([2H])N1[CH-]N2c3[c-]c(Oc4[c-]c5c(cc4)c4cccc6c7cccc8c9ccccc9n(c9cccnc9n5c46)c87)ccc3C(C)(C)c3cccc1c32.[Pt]. The molecule has 12 rings (SSSR count). The van der Waals surface area contributed by atoms with Crippen molar-refractivity contribution < 1.29 is 29.9 Å². The minimum Gasteiger partial charge on any atom is -0.509 e. The van der Waals surface area contributed by atoms with E-state index in [1.165, 1.54) is 15.7 Å². The normalized spacial score (nSPS) is 15.6. The molecule has 0 fully saturated rings. The molecule has 0 spiro atoms. The first-order chi connectivity index (χ1) is 26.7. The van der Waals surface area contributed by atoms with E-state index in [2.05, 4.69) is 120 Å². The average Bonchev–Trinajstić information content (AvgIpc) is 3.85. The summed E-state index contributed by atoms with van der Waals surface area (Å²) in [4.78, 5) is 8.39. The summed E-state index contributed by atoms with van der Waals surface area (Å²) in [7, 11) is 0. The predicted molar refractivity (Wildman–Crippen MR) is 211 cm³/mol. The molecule has 4 aromatic heterocycles. The van der Waals surface area contributed by atoms with Crippen LogP contribution in [0.1, 0.15) is 29.1 Å². The first-order valence-corrected chi connectivity index (χ1v) is 17.5. The first kappa shape index (κ1) is 27.8. The van der Waals surface area contributed by atoms with Crippen LogP contribution < -0.4 is 14.5 Å². The van der Waals surface area contributed by atoms with Gasteiger partial charge in [-0.05, 0) is 47.6 Å². The van der Waals surface area contributed by atoms with Gasteiger partial charge in [0.2, 0.25) is 0 Å². The van der Waals surface area contributed by atoms with Crippen molar-refractivity contribution in [3.05, 3.63) is 151 Å². The smallest absolute Gasteiger partial charge is 0.160 e. The third-order valence-electron chi connectivity index (χ3n) is 11.3. The van der Waals surface area contributed by atoms with E-state index in [0.29, 0.717) is 17.2 Å². The molecule has 258 valence electrons. The molecule has 0 amide bonds. The van der Waals surface area contributed by atoms with Crippen LogP contribution in [-0.4, -0.2) is 20.8 Å². The molecule has 2 aliphatic rings. The van der Waals surface area contributed by atoms with Crippen LogP contribution in [-0.2, 0) is 26.5 Å². The molecule has 0 aliphatic carbocycles. The van der Waals surface area contributed by atoms with Crippen molar-refractivity contribution >= 4 is 82.6 Å². The van der Waals surface area contributed by atoms with Gasteiger partial charge in [0.05, 0.1) is 16.6 Å². The van der Waals surface area contributed by atoms with Crippen LogP contribution >= 0.6 is 0 Å². The van der Waals surface area contributed by atoms with Crippen LogP contribution in [0.25, 0.3) is 65.5 Å². The Morgan fingerprint density at radius 3 is 2.17 bits per heavy atom. The molecule has 0 radical (unpaired) electrons. The minimum atomic E-state index is -2.34. The van der Waals surface area contributed by atoms with E-state index in [-0.39, 0.29) is 21.1 Å². The van der Waals surface area contributed by atoms with Gasteiger partial charge in [0, 0.05) is 81.3 Å². The van der Waals surface area contributed by atoms with E-state index in [9.17, 15) is 0 Å². The van der Waals surface area contributed by atoms with Gasteiger partial charge in [-0.15, -0.1) is 35.2 Å². The molecule has 6 heterocycles. The molecule has 0 saturated carbocycles. The Hall–Kier alpha value is -5.84. The molecule has 6 nitrogen and oxygen atoms in total. The van der Waals surface area contributed by atoms with E-state index >= 15 is 0 Å². The summed E-state index contributed by atoms with van der Waals surface area (Å²) in [6.45, 7) is 3.66. The molecule has 53 heavy (non-hydrogen) atoms. The Balaban J connectivity index is 0.00000363. The van der Waals surface area contributed by atoms with E-state index in [0.717, 1.165) is 77.3 Å². The zero-order chi connectivity index (χ0) is 37.0. The molecule has 0 atom stereocenters.